The molecule has 1 aromatic rings. The van der Waals surface area contributed by atoms with Crippen LogP contribution in [0.15, 0.2) is 39.6 Å². The third-order valence-corrected chi connectivity index (χ3v) is 5.40. The molecule has 1 rings (SSSR count). The number of benzene rings is 1. The largest absolute Gasteiger partial charge is 0.388 e. The van der Waals surface area contributed by atoms with Crippen molar-refractivity contribution in [2.45, 2.75) is 13.8 Å². The zero-order valence-electron chi connectivity index (χ0n) is 9.17. The van der Waals surface area contributed by atoms with Gasteiger partial charge in [0.25, 0.3) is 3.58 Å². The Morgan fingerprint density at radius 1 is 1.20 bits per heavy atom. The van der Waals surface area contributed by atoms with E-state index in [1.807, 2.05) is 32.2 Å². The molecule has 3 heteroatoms. The number of ketones is 1. The second kappa shape index (κ2) is 5.90. The monoisotopic (exact) mass is 316 g/mol. The number of nitrogens with one attached hydrogen (secondary N) is 1. The third kappa shape index (κ3) is 3.66. The fraction of sp³-hybridized carbons (Fsp3) is 0.250. The highest BCUT2D eigenvalue weighted by atomic mass is 127. The summed E-state index contributed by atoms with van der Waals surface area (Å²) >= 11 is -0.358. The molecule has 15 heavy (non-hydrogen) atoms. The summed E-state index contributed by atoms with van der Waals surface area (Å²) in [5.41, 5.74) is 0.999. The molecule has 2 nitrogen and oxygen atoms in total. The maximum Gasteiger partial charge on any atom is 0.363 e. The van der Waals surface area contributed by atoms with Gasteiger partial charge in [0.15, 0.2) is 3.57 Å². The molecule has 0 atom stereocenters. The number of carbonyl (C=O) groups is 1. The lowest BCUT2D eigenvalue weighted by atomic mass is 10.3. The maximum atomic E-state index is 11.5. The second-order valence-corrected chi connectivity index (χ2v) is 6.00. The molecule has 0 unspecified atom stereocenters. The lowest BCUT2D eigenvalue weighted by molar-refractivity contribution is -0.571. The van der Waals surface area contributed by atoms with Crippen LogP contribution in [0.25, 0.3) is 0 Å². The molecule has 0 amide bonds. The van der Waals surface area contributed by atoms with Crippen LogP contribution in [0.4, 0.5) is 0 Å². The van der Waals surface area contributed by atoms with Crippen molar-refractivity contribution in [2.24, 2.45) is 0 Å². The van der Waals surface area contributed by atoms with E-state index in [9.17, 15) is 4.79 Å². The third-order valence-electron chi connectivity index (χ3n) is 1.95. The van der Waals surface area contributed by atoms with Crippen molar-refractivity contribution in [2.75, 3.05) is 7.05 Å². The van der Waals surface area contributed by atoms with Gasteiger partial charge in [0, 0.05) is 14.0 Å². The number of halogens is 1. The van der Waals surface area contributed by atoms with Crippen molar-refractivity contribution in [3.05, 3.63) is 43.2 Å². The van der Waals surface area contributed by atoms with Gasteiger partial charge < -0.3 is 5.32 Å². The number of rotatable bonds is 4. The molecule has 0 aliphatic heterocycles. The van der Waals surface area contributed by atoms with Crippen molar-refractivity contribution >= 4 is 5.78 Å². The Kier molecular flexibility index (Phi) is 4.81. The molecule has 1 aromatic carbocycles. The molecule has 0 aliphatic carbocycles. The molecule has 0 aromatic heterocycles. The number of hydrogen-bond donors (Lipinski definition) is 1. The number of carbonyl (C=O) groups excluding carboxylic acids is 1. The van der Waals surface area contributed by atoms with E-state index in [4.69, 9.17) is 0 Å². The van der Waals surface area contributed by atoms with Gasteiger partial charge >= 0.3 is 21.2 Å². The van der Waals surface area contributed by atoms with Crippen LogP contribution in [-0.4, -0.2) is 12.8 Å². The molecular weight excluding hydrogens is 301 g/mol. The Balaban J connectivity index is 2.91. The first kappa shape index (κ1) is 12.2. The first-order valence-corrected chi connectivity index (χ1v) is 6.90. The van der Waals surface area contributed by atoms with Crippen molar-refractivity contribution < 1.29 is 26.0 Å². The average Bonchev–Trinajstić information content (AvgIpc) is 2.26. The standard InChI is InChI=1S/C12H14INO/c1-9(14-3)12(10(2)15)13-11-7-5-4-6-8-11/h4-8H,1-3H3/p+1. The molecule has 0 saturated carbocycles. The van der Waals surface area contributed by atoms with Crippen LogP contribution >= 0.6 is 0 Å². The van der Waals surface area contributed by atoms with E-state index in [-0.39, 0.29) is 27.0 Å². The topological polar surface area (TPSA) is 29.1 Å². The van der Waals surface area contributed by atoms with E-state index < -0.39 is 0 Å². The van der Waals surface area contributed by atoms with Gasteiger partial charge in [-0.05, 0) is 19.1 Å². The summed E-state index contributed by atoms with van der Waals surface area (Å²) in [7, 11) is 1.85. The minimum atomic E-state index is -0.358. The molecule has 0 spiro atoms. The summed E-state index contributed by atoms with van der Waals surface area (Å²) in [5.74, 6) is 0.179. The molecule has 0 radical (unpaired) electrons. The fourth-order valence-electron chi connectivity index (χ4n) is 1.10. The highest BCUT2D eigenvalue weighted by Crippen LogP contribution is 1.91. The van der Waals surface area contributed by atoms with Crippen LogP contribution < -0.4 is 26.5 Å². The second-order valence-electron chi connectivity index (χ2n) is 3.14. The summed E-state index contributed by atoms with van der Waals surface area (Å²) in [6.45, 7) is 3.60. The van der Waals surface area contributed by atoms with Crippen LogP contribution in [0, 0.1) is 3.57 Å². The van der Waals surface area contributed by atoms with Crippen molar-refractivity contribution in [1.82, 2.24) is 5.32 Å². The Labute approximate surface area is 101 Å². The molecule has 0 heterocycles. The lowest BCUT2D eigenvalue weighted by Gasteiger charge is -1.97. The quantitative estimate of drug-likeness (QED) is 0.569. The van der Waals surface area contributed by atoms with E-state index in [1.54, 1.807) is 6.92 Å². The molecule has 80 valence electrons. The van der Waals surface area contributed by atoms with Gasteiger partial charge in [-0.25, -0.2) is 0 Å². The molecule has 0 saturated heterocycles. The Hall–Kier alpha value is -0.840. The van der Waals surface area contributed by atoms with E-state index in [0.717, 1.165) is 9.28 Å². The first-order valence-electron chi connectivity index (χ1n) is 4.74. The van der Waals surface area contributed by atoms with Crippen LogP contribution in [0.2, 0.25) is 0 Å². The Morgan fingerprint density at radius 3 is 2.27 bits per heavy atom. The summed E-state index contributed by atoms with van der Waals surface area (Å²) in [5, 5.41) is 3.05. The fourth-order valence-corrected chi connectivity index (χ4v) is 3.55. The zero-order valence-corrected chi connectivity index (χ0v) is 11.3. The normalized spacial score (nSPS) is 11.9. The van der Waals surface area contributed by atoms with Crippen molar-refractivity contribution in [1.29, 1.82) is 0 Å². The molecule has 1 N–H and O–H groups in total. The van der Waals surface area contributed by atoms with Crippen LogP contribution in [0.5, 0.6) is 0 Å². The SMILES string of the molecule is CN/C(C)=C(/[I+]c1ccccc1)C(C)=O. The van der Waals surface area contributed by atoms with Crippen molar-refractivity contribution in [3.8, 4) is 0 Å². The summed E-state index contributed by atoms with van der Waals surface area (Å²) in [4.78, 5) is 11.5. The smallest absolute Gasteiger partial charge is 0.363 e. The van der Waals surface area contributed by atoms with E-state index in [0.29, 0.717) is 0 Å². The Bertz CT molecular complexity index is 370. The van der Waals surface area contributed by atoms with Gasteiger partial charge in [0.05, 0.1) is 5.70 Å². The number of allylic oxidation sites excluding steroid dienone is 2. The number of hydrogen-bond acceptors (Lipinski definition) is 2. The molecule has 0 bridgehead atoms. The van der Waals surface area contributed by atoms with Gasteiger partial charge in [0.1, 0.15) is 0 Å². The van der Waals surface area contributed by atoms with Gasteiger partial charge in [-0.15, -0.1) is 0 Å². The molecule has 0 fully saturated rings. The maximum absolute atomic E-state index is 11.5. The van der Waals surface area contributed by atoms with Gasteiger partial charge in [0.2, 0.25) is 5.78 Å². The summed E-state index contributed by atoms with van der Waals surface area (Å²) in [6.07, 6.45) is 0. The van der Waals surface area contributed by atoms with Crippen LogP contribution in [0.3, 0.4) is 0 Å². The first-order chi connectivity index (χ1) is 7.15. The summed E-state index contributed by atoms with van der Waals surface area (Å²) < 4.78 is 2.23. The van der Waals surface area contributed by atoms with E-state index in [1.165, 1.54) is 3.57 Å². The van der Waals surface area contributed by atoms with Gasteiger partial charge in [-0.3, -0.25) is 4.79 Å². The minimum absolute atomic E-state index is 0.179. The van der Waals surface area contributed by atoms with Gasteiger partial charge in [-0.2, -0.15) is 0 Å². The van der Waals surface area contributed by atoms with Gasteiger partial charge in [-0.1, -0.05) is 18.2 Å². The molecular formula is C12H15INO+. The predicted molar refractivity (Wildman–Crippen MR) is 57.6 cm³/mol. The van der Waals surface area contributed by atoms with Crippen LogP contribution in [0.1, 0.15) is 13.8 Å². The predicted octanol–water partition coefficient (Wildman–Crippen LogP) is -1.01. The minimum Gasteiger partial charge on any atom is -0.388 e. The molecule has 0 aliphatic rings. The highest BCUT2D eigenvalue weighted by molar-refractivity contribution is 5.91. The van der Waals surface area contributed by atoms with E-state index >= 15 is 0 Å². The highest BCUT2D eigenvalue weighted by Gasteiger charge is 2.25. The van der Waals surface area contributed by atoms with Crippen molar-refractivity contribution in [3.63, 3.8) is 0 Å². The zero-order chi connectivity index (χ0) is 11.3. The lowest BCUT2D eigenvalue weighted by Crippen LogP contribution is -3.61. The van der Waals surface area contributed by atoms with E-state index in [2.05, 4.69) is 17.4 Å². The Morgan fingerprint density at radius 2 is 1.80 bits per heavy atom. The average molecular weight is 316 g/mol. The summed E-state index contributed by atoms with van der Waals surface area (Å²) in [6, 6.07) is 10.2. The van der Waals surface area contributed by atoms with Crippen LogP contribution in [-0.2, 0) is 4.79 Å². The number of Topliss-reactive ketones (excluding diaryl/α,β-unsaturated/α-hetero) is 1.